The SMILES string of the molecule is CCc1ccc(CO[N+](=O)[O-])cc1. The van der Waals surface area contributed by atoms with E-state index in [1.54, 1.807) is 0 Å². The molecule has 0 unspecified atom stereocenters. The standard InChI is InChI=1S/C9H11NO3/c1-2-8-3-5-9(6-4-8)7-13-10(11)12/h3-6H,2,7H2,1H3. The predicted molar refractivity (Wildman–Crippen MR) is 47.6 cm³/mol. The zero-order valence-corrected chi connectivity index (χ0v) is 7.40. The monoisotopic (exact) mass is 181 g/mol. The van der Waals surface area contributed by atoms with Gasteiger partial charge in [0.15, 0.2) is 0 Å². The van der Waals surface area contributed by atoms with Crippen molar-refractivity contribution in [1.82, 2.24) is 0 Å². The van der Waals surface area contributed by atoms with Crippen molar-refractivity contribution < 1.29 is 9.92 Å². The summed E-state index contributed by atoms with van der Waals surface area (Å²) in [5, 5.41) is 9.10. The van der Waals surface area contributed by atoms with E-state index in [4.69, 9.17) is 0 Å². The first-order valence-corrected chi connectivity index (χ1v) is 4.07. The highest BCUT2D eigenvalue weighted by Crippen LogP contribution is 2.05. The normalized spacial score (nSPS) is 9.62. The zero-order chi connectivity index (χ0) is 9.68. The Morgan fingerprint density at radius 1 is 1.31 bits per heavy atom. The Morgan fingerprint density at radius 3 is 2.31 bits per heavy atom. The summed E-state index contributed by atoms with van der Waals surface area (Å²) in [5.74, 6) is 0. The highest BCUT2D eigenvalue weighted by atomic mass is 16.9. The lowest BCUT2D eigenvalue weighted by Crippen LogP contribution is -2.00. The third kappa shape index (κ3) is 3.11. The van der Waals surface area contributed by atoms with E-state index < -0.39 is 5.09 Å². The van der Waals surface area contributed by atoms with Gasteiger partial charge >= 0.3 is 0 Å². The van der Waals surface area contributed by atoms with E-state index >= 15 is 0 Å². The van der Waals surface area contributed by atoms with E-state index in [1.165, 1.54) is 5.56 Å². The fraction of sp³-hybridized carbons (Fsp3) is 0.333. The first-order valence-electron chi connectivity index (χ1n) is 4.07. The van der Waals surface area contributed by atoms with Crippen LogP contribution in [0, 0.1) is 10.1 Å². The Labute approximate surface area is 76.2 Å². The summed E-state index contributed by atoms with van der Waals surface area (Å²) in [6, 6.07) is 7.56. The second kappa shape index (κ2) is 4.45. The molecule has 0 saturated heterocycles. The third-order valence-electron chi connectivity index (χ3n) is 1.77. The summed E-state index contributed by atoms with van der Waals surface area (Å²) in [5.41, 5.74) is 2.03. The summed E-state index contributed by atoms with van der Waals surface area (Å²) in [6.07, 6.45) is 0.969. The van der Waals surface area contributed by atoms with Crippen molar-refractivity contribution in [3.8, 4) is 0 Å². The van der Waals surface area contributed by atoms with E-state index in [-0.39, 0.29) is 6.61 Å². The molecule has 0 aliphatic rings. The molecule has 0 saturated carbocycles. The molecule has 0 aliphatic carbocycles. The lowest BCUT2D eigenvalue weighted by atomic mass is 10.1. The van der Waals surface area contributed by atoms with E-state index in [0.29, 0.717) is 0 Å². The first-order chi connectivity index (χ1) is 6.22. The van der Waals surface area contributed by atoms with Gasteiger partial charge in [-0.15, -0.1) is 10.1 Å². The minimum absolute atomic E-state index is 0.0248. The Bertz CT molecular complexity index is 281. The second-order valence-corrected chi connectivity index (χ2v) is 2.67. The maximum atomic E-state index is 9.88. The zero-order valence-electron chi connectivity index (χ0n) is 7.40. The van der Waals surface area contributed by atoms with Crippen LogP contribution in [0.4, 0.5) is 0 Å². The molecular formula is C9H11NO3. The van der Waals surface area contributed by atoms with E-state index in [9.17, 15) is 10.1 Å². The fourth-order valence-electron chi connectivity index (χ4n) is 0.998. The smallest absolute Gasteiger partial charge is 0.294 e. The molecule has 13 heavy (non-hydrogen) atoms. The van der Waals surface area contributed by atoms with Gasteiger partial charge in [0.25, 0.3) is 5.09 Å². The molecular weight excluding hydrogens is 170 g/mol. The maximum Gasteiger partial charge on any atom is 0.294 e. The lowest BCUT2D eigenvalue weighted by molar-refractivity contribution is -0.763. The highest BCUT2D eigenvalue weighted by Gasteiger charge is 1.97. The molecule has 0 aliphatic heterocycles. The number of aryl methyl sites for hydroxylation is 1. The molecule has 4 nitrogen and oxygen atoms in total. The van der Waals surface area contributed by atoms with Crippen LogP contribution in [-0.2, 0) is 17.9 Å². The summed E-state index contributed by atoms with van der Waals surface area (Å²) < 4.78 is 0. The number of hydrogen-bond donors (Lipinski definition) is 0. The molecule has 1 aromatic carbocycles. The Kier molecular flexibility index (Phi) is 3.25. The van der Waals surface area contributed by atoms with Gasteiger partial charge in [0, 0.05) is 0 Å². The molecule has 0 radical (unpaired) electrons. The van der Waals surface area contributed by atoms with Gasteiger partial charge in [-0.2, -0.15) is 0 Å². The van der Waals surface area contributed by atoms with Crippen molar-refractivity contribution in [1.29, 1.82) is 0 Å². The van der Waals surface area contributed by atoms with Gasteiger partial charge in [0.1, 0.15) is 6.61 Å². The van der Waals surface area contributed by atoms with Gasteiger partial charge in [-0.05, 0) is 17.5 Å². The van der Waals surface area contributed by atoms with Crippen LogP contribution >= 0.6 is 0 Å². The molecule has 0 aromatic heterocycles. The fourth-order valence-corrected chi connectivity index (χ4v) is 0.998. The highest BCUT2D eigenvalue weighted by molar-refractivity contribution is 5.21. The molecule has 0 bridgehead atoms. The molecule has 1 rings (SSSR count). The van der Waals surface area contributed by atoms with Crippen LogP contribution in [0.2, 0.25) is 0 Å². The average Bonchev–Trinajstić information content (AvgIpc) is 2.15. The average molecular weight is 181 g/mol. The minimum atomic E-state index is -0.784. The summed E-state index contributed by atoms with van der Waals surface area (Å²) in [6.45, 7) is 2.08. The molecule has 0 fully saturated rings. The maximum absolute atomic E-state index is 9.88. The van der Waals surface area contributed by atoms with Crippen molar-refractivity contribution in [3.05, 3.63) is 45.5 Å². The molecule has 0 N–H and O–H groups in total. The molecule has 0 amide bonds. The number of nitrogens with zero attached hydrogens (tertiary/aromatic N) is 1. The molecule has 4 heteroatoms. The number of benzene rings is 1. The summed E-state index contributed by atoms with van der Waals surface area (Å²) in [4.78, 5) is 14.1. The second-order valence-electron chi connectivity index (χ2n) is 2.67. The van der Waals surface area contributed by atoms with Crippen LogP contribution in [0.15, 0.2) is 24.3 Å². The number of hydrogen-bond acceptors (Lipinski definition) is 3. The first kappa shape index (κ1) is 9.51. The van der Waals surface area contributed by atoms with Crippen LogP contribution in [0.5, 0.6) is 0 Å². The summed E-state index contributed by atoms with van der Waals surface area (Å²) in [7, 11) is 0. The third-order valence-corrected chi connectivity index (χ3v) is 1.77. The van der Waals surface area contributed by atoms with E-state index in [1.807, 2.05) is 24.3 Å². The molecule has 0 heterocycles. The van der Waals surface area contributed by atoms with Gasteiger partial charge in [0.05, 0.1) is 0 Å². The Morgan fingerprint density at radius 2 is 1.85 bits per heavy atom. The van der Waals surface area contributed by atoms with Crippen LogP contribution < -0.4 is 0 Å². The lowest BCUT2D eigenvalue weighted by Gasteiger charge is -2.00. The molecule has 70 valence electrons. The minimum Gasteiger partial charge on any atom is -0.309 e. The van der Waals surface area contributed by atoms with E-state index in [2.05, 4.69) is 11.8 Å². The van der Waals surface area contributed by atoms with Crippen molar-refractivity contribution in [3.63, 3.8) is 0 Å². The summed E-state index contributed by atoms with van der Waals surface area (Å²) >= 11 is 0. The van der Waals surface area contributed by atoms with Crippen molar-refractivity contribution in [2.24, 2.45) is 0 Å². The van der Waals surface area contributed by atoms with Gasteiger partial charge in [0.2, 0.25) is 0 Å². The van der Waals surface area contributed by atoms with Crippen LogP contribution in [-0.4, -0.2) is 5.09 Å². The predicted octanol–water partition coefficient (Wildman–Crippen LogP) is 1.96. The van der Waals surface area contributed by atoms with Crippen LogP contribution in [0.1, 0.15) is 18.1 Å². The van der Waals surface area contributed by atoms with Gasteiger partial charge < -0.3 is 4.84 Å². The topological polar surface area (TPSA) is 52.4 Å². The Balaban J connectivity index is 2.54. The molecule has 0 spiro atoms. The van der Waals surface area contributed by atoms with Gasteiger partial charge in [-0.1, -0.05) is 31.2 Å². The van der Waals surface area contributed by atoms with Gasteiger partial charge in [-0.3, -0.25) is 0 Å². The van der Waals surface area contributed by atoms with Crippen molar-refractivity contribution >= 4 is 0 Å². The van der Waals surface area contributed by atoms with E-state index in [0.717, 1.165) is 12.0 Å². The van der Waals surface area contributed by atoms with Crippen molar-refractivity contribution in [2.45, 2.75) is 20.0 Å². The quantitative estimate of drug-likeness (QED) is 0.527. The number of rotatable bonds is 4. The largest absolute Gasteiger partial charge is 0.309 e. The van der Waals surface area contributed by atoms with Crippen LogP contribution in [0.3, 0.4) is 0 Å². The molecule has 1 aromatic rings. The van der Waals surface area contributed by atoms with Gasteiger partial charge in [-0.25, -0.2) is 0 Å². The Hall–Kier alpha value is -1.58. The molecule has 0 atom stereocenters. The van der Waals surface area contributed by atoms with Crippen molar-refractivity contribution in [2.75, 3.05) is 0 Å². The van der Waals surface area contributed by atoms with Crippen LogP contribution in [0.25, 0.3) is 0 Å².